The van der Waals surface area contributed by atoms with Crippen LogP contribution >= 0.6 is 11.8 Å². The minimum absolute atomic E-state index is 0.0153. The number of aromatic nitrogens is 4. The van der Waals surface area contributed by atoms with Crippen LogP contribution in [0.3, 0.4) is 0 Å². The van der Waals surface area contributed by atoms with E-state index in [1.54, 1.807) is 4.52 Å². The van der Waals surface area contributed by atoms with Crippen LogP contribution in [-0.2, 0) is 11.2 Å². The molecule has 0 radical (unpaired) electrons. The summed E-state index contributed by atoms with van der Waals surface area (Å²) < 4.78 is 1.70. The van der Waals surface area contributed by atoms with Gasteiger partial charge < -0.3 is 5.32 Å². The molecule has 3 aromatic rings. The van der Waals surface area contributed by atoms with Gasteiger partial charge in [0.2, 0.25) is 11.1 Å². The topological polar surface area (TPSA) is 72.2 Å². The maximum Gasteiger partial charge on any atom is 0.253 e. The average molecular weight is 384 g/mol. The van der Waals surface area contributed by atoms with Crippen LogP contribution in [0.15, 0.2) is 35.5 Å². The third kappa shape index (κ3) is 5.07. The van der Waals surface area contributed by atoms with Crippen molar-refractivity contribution in [1.82, 2.24) is 24.9 Å². The van der Waals surface area contributed by atoms with Crippen molar-refractivity contribution in [2.45, 2.75) is 45.2 Å². The van der Waals surface area contributed by atoms with E-state index < -0.39 is 0 Å². The predicted molar refractivity (Wildman–Crippen MR) is 108 cm³/mol. The van der Waals surface area contributed by atoms with E-state index in [-0.39, 0.29) is 5.91 Å². The van der Waals surface area contributed by atoms with Crippen LogP contribution in [0.25, 0.3) is 5.78 Å². The number of hydrogen-bond acceptors (Lipinski definition) is 5. The third-order valence-corrected chi connectivity index (χ3v) is 5.15. The number of nitrogens with one attached hydrogen (secondary N) is 1. The first-order valence-corrected chi connectivity index (χ1v) is 10.1. The monoisotopic (exact) mass is 383 g/mol. The summed E-state index contributed by atoms with van der Waals surface area (Å²) in [7, 11) is 0. The van der Waals surface area contributed by atoms with Crippen LogP contribution in [0.5, 0.6) is 0 Å². The Morgan fingerprint density at radius 2 is 1.93 bits per heavy atom. The SMILES string of the molecule is Cc1cc(C)n2nc(SCC(=O)NCCc3ccc(C(C)C)cc3)nc2n1. The molecule has 2 aromatic heterocycles. The predicted octanol–water partition coefficient (Wildman–Crippen LogP) is 3.32. The Hall–Kier alpha value is -2.41. The van der Waals surface area contributed by atoms with Gasteiger partial charge in [-0.2, -0.15) is 4.98 Å². The fraction of sp³-hybridized carbons (Fsp3) is 0.400. The molecule has 0 spiro atoms. The molecule has 1 amide bonds. The van der Waals surface area contributed by atoms with Crippen LogP contribution in [0, 0.1) is 13.8 Å². The highest BCUT2D eigenvalue weighted by atomic mass is 32.2. The van der Waals surface area contributed by atoms with Crippen LogP contribution in [-0.4, -0.2) is 37.8 Å². The summed E-state index contributed by atoms with van der Waals surface area (Å²) in [6, 6.07) is 10.5. The fourth-order valence-corrected chi connectivity index (χ4v) is 3.45. The van der Waals surface area contributed by atoms with Crippen molar-refractivity contribution in [3.05, 3.63) is 52.8 Å². The summed E-state index contributed by atoms with van der Waals surface area (Å²) in [6.45, 7) is 8.88. The molecule has 3 rings (SSSR count). The Balaban J connectivity index is 1.46. The molecule has 0 aliphatic heterocycles. The van der Waals surface area contributed by atoms with Crippen LogP contribution < -0.4 is 5.32 Å². The summed E-state index contributed by atoms with van der Waals surface area (Å²) in [5, 5.41) is 7.92. The van der Waals surface area contributed by atoms with Crippen LogP contribution in [0.1, 0.15) is 42.3 Å². The molecule has 0 saturated heterocycles. The molecule has 1 aromatic carbocycles. The Morgan fingerprint density at radius 1 is 1.19 bits per heavy atom. The number of nitrogens with zero attached hydrogens (tertiary/aromatic N) is 4. The largest absolute Gasteiger partial charge is 0.355 e. The highest BCUT2D eigenvalue weighted by Crippen LogP contribution is 2.16. The van der Waals surface area contributed by atoms with Crippen molar-refractivity contribution in [2.24, 2.45) is 0 Å². The summed E-state index contributed by atoms with van der Waals surface area (Å²) in [6.07, 6.45) is 0.823. The van der Waals surface area contributed by atoms with Crippen molar-refractivity contribution in [2.75, 3.05) is 12.3 Å². The molecule has 0 fully saturated rings. The summed E-state index contributed by atoms with van der Waals surface area (Å²) in [5.41, 5.74) is 4.44. The Kier molecular flexibility index (Phi) is 6.11. The van der Waals surface area contributed by atoms with E-state index >= 15 is 0 Å². The molecule has 0 atom stereocenters. The lowest BCUT2D eigenvalue weighted by Gasteiger charge is -2.07. The first-order valence-electron chi connectivity index (χ1n) is 9.11. The van der Waals surface area contributed by atoms with Crippen LogP contribution in [0.2, 0.25) is 0 Å². The second kappa shape index (κ2) is 8.52. The highest BCUT2D eigenvalue weighted by Gasteiger charge is 2.10. The zero-order chi connectivity index (χ0) is 19.4. The minimum atomic E-state index is -0.0153. The maximum absolute atomic E-state index is 12.1. The number of rotatable bonds is 7. The second-order valence-electron chi connectivity index (χ2n) is 6.93. The van der Waals surface area contributed by atoms with Gasteiger partial charge >= 0.3 is 0 Å². The zero-order valence-corrected chi connectivity index (χ0v) is 17.0. The lowest BCUT2D eigenvalue weighted by Crippen LogP contribution is -2.27. The first kappa shape index (κ1) is 19.4. The molecular formula is C20H25N5OS. The van der Waals surface area contributed by atoms with Gasteiger partial charge in [-0.25, -0.2) is 9.50 Å². The van der Waals surface area contributed by atoms with Gasteiger partial charge in [0.15, 0.2) is 0 Å². The lowest BCUT2D eigenvalue weighted by molar-refractivity contribution is -0.118. The Bertz CT molecular complexity index is 933. The van der Waals surface area contributed by atoms with Gasteiger partial charge in [0, 0.05) is 17.9 Å². The van der Waals surface area contributed by atoms with Gasteiger partial charge in [0.25, 0.3) is 5.78 Å². The van der Waals surface area contributed by atoms with E-state index in [2.05, 4.69) is 58.5 Å². The van der Waals surface area contributed by atoms with Gasteiger partial charge in [-0.1, -0.05) is 49.9 Å². The molecule has 142 valence electrons. The van der Waals surface area contributed by atoms with Crippen LogP contribution in [0.4, 0.5) is 0 Å². The normalized spacial score (nSPS) is 11.3. The van der Waals surface area contributed by atoms with E-state index in [4.69, 9.17) is 0 Å². The highest BCUT2D eigenvalue weighted by molar-refractivity contribution is 7.99. The van der Waals surface area contributed by atoms with Gasteiger partial charge in [-0.15, -0.1) is 5.10 Å². The molecule has 0 aliphatic rings. The number of benzene rings is 1. The summed E-state index contributed by atoms with van der Waals surface area (Å²) in [5.74, 6) is 1.38. The number of carbonyl (C=O) groups is 1. The third-order valence-electron chi connectivity index (χ3n) is 4.31. The number of fused-ring (bicyclic) bond motifs is 1. The molecule has 0 unspecified atom stereocenters. The molecule has 0 saturated carbocycles. The molecule has 27 heavy (non-hydrogen) atoms. The van der Waals surface area contributed by atoms with Crippen molar-refractivity contribution < 1.29 is 4.79 Å². The number of thioether (sulfide) groups is 1. The minimum Gasteiger partial charge on any atom is -0.355 e. The number of carbonyl (C=O) groups excluding carboxylic acids is 1. The van der Waals surface area contributed by atoms with Gasteiger partial charge in [-0.05, 0) is 43.4 Å². The van der Waals surface area contributed by atoms with E-state index in [1.807, 2.05) is 19.9 Å². The molecule has 6 nitrogen and oxygen atoms in total. The first-order chi connectivity index (χ1) is 12.9. The van der Waals surface area contributed by atoms with Gasteiger partial charge in [0.05, 0.1) is 5.75 Å². The van der Waals surface area contributed by atoms with Crippen molar-refractivity contribution >= 4 is 23.4 Å². The maximum atomic E-state index is 12.1. The molecular weight excluding hydrogens is 358 g/mol. The smallest absolute Gasteiger partial charge is 0.253 e. The fourth-order valence-electron chi connectivity index (χ4n) is 2.81. The molecule has 1 N–H and O–H groups in total. The Morgan fingerprint density at radius 3 is 2.63 bits per heavy atom. The van der Waals surface area contributed by atoms with Crippen molar-refractivity contribution in [3.8, 4) is 0 Å². The Labute approximate surface area is 163 Å². The zero-order valence-electron chi connectivity index (χ0n) is 16.2. The second-order valence-corrected chi connectivity index (χ2v) is 7.87. The van der Waals surface area contributed by atoms with E-state index in [0.29, 0.717) is 29.1 Å². The standard InChI is InChI=1S/C20H25N5OS/c1-13(2)17-7-5-16(6-8-17)9-10-21-18(26)12-27-20-23-19-22-14(3)11-15(4)25(19)24-20/h5-8,11,13H,9-10,12H2,1-4H3,(H,21,26). The molecule has 0 aliphatic carbocycles. The van der Waals surface area contributed by atoms with Crippen molar-refractivity contribution in [3.63, 3.8) is 0 Å². The van der Waals surface area contributed by atoms with Gasteiger partial charge in [0.1, 0.15) is 0 Å². The van der Waals surface area contributed by atoms with E-state index in [1.165, 1.54) is 22.9 Å². The molecule has 0 bridgehead atoms. The van der Waals surface area contributed by atoms with E-state index in [9.17, 15) is 4.79 Å². The summed E-state index contributed by atoms with van der Waals surface area (Å²) in [4.78, 5) is 20.8. The molecule has 2 heterocycles. The number of amides is 1. The lowest BCUT2D eigenvalue weighted by atomic mass is 10.0. The number of hydrogen-bond donors (Lipinski definition) is 1. The average Bonchev–Trinajstić information content (AvgIpc) is 3.03. The summed E-state index contributed by atoms with van der Waals surface area (Å²) >= 11 is 1.33. The quantitative estimate of drug-likeness (QED) is 0.634. The van der Waals surface area contributed by atoms with Crippen molar-refractivity contribution in [1.29, 1.82) is 0 Å². The van der Waals surface area contributed by atoms with E-state index in [0.717, 1.165) is 17.8 Å². The van der Waals surface area contributed by atoms with Gasteiger partial charge in [-0.3, -0.25) is 4.79 Å². The molecule has 7 heteroatoms. The number of aryl methyl sites for hydroxylation is 2.